The van der Waals surface area contributed by atoms with Gasteiger partial charge in [-0.25, -0.2) is 9.97 Å². The van der Waals surface area contributed by atoms with Gasteiger partial charge < -0.3 is 14.4 Å². The smallest absolute Gasteiger partial charge is 0.217 e. The van der Waals surface area contributed by atoms with E-state index in [0.29, 0.717) is 17.1 Å². The number of hydrogen-bond acceptors (Lipinski definition) is 4. The number of nitrogens with zero attached hydrogens (tertiary/aromatic N) is 3. The third-order valence-electron chi connectivity index (χ3n) is 7.61. The molecule has 3 heterocycles. The molecule has 0 spiro atoms. The largest absolute Gasteiger partial charge is 0.506 e. The van der Waals surface area contributed by atoms with Gasteiger partial charge in [-0.15, -0.1) is 17.5 Å². The van der Waals surface area contributed by atoms with Crippen molar-refractivity contribution < 1.29 is 30.9 Å². The van der Waals surface area contributed by atoms with Gasteiger partial charge >= 0.3 is 0 Å². The molecular weight excluding hydrogens is 701 g/mol. The number of hydrogen-bond donors (Lipinski definition) is 1. The monoisotopic (exact) mass is 729 g/mol. The Labute approximate surface area is 258 Å². The van der Waals surface area contributed by atoms with Crippen molar-refractivity contribution in [1.29, 1.82) is 0 Å². The third kappa shape index (κ3) is 4.74. The second-order valence-corrected chi connectivity index (χ2v) is 10.7. The average Bonchev–Trinajstić information content (AvgIpc) is 3.27. The van der Waals surface area contributed by atoms with E-state index in [-0.39, 0.29) is 26.8 Å². The molecule has 0 radical (unpaired) electrons. The molecular formula is C36H28N3O2Pt-. The Kier molecular flexibility index (Phi) is 7.08. The van der Waals surface area contributed by atoms with Gasteiger partial charge in [-0.2, -0.15) is 6.07 Å². The third-order valence-corrected chi connectivity index (χ3v) is 7.61. The van der Waals surface area contributed by atoms with Crippen LogP contribution >= 0.6 is 0 Å². The van der Waals surface area contributed by atoms with Crippen LogP contribution < -0.4 is 4.74 Å². The summed E-state index contributed by atoms with van der Waals surface area (Å²) in [7, 11) is 0. The van der Waals surface area contributed by atoms with Crippen molar-refractivity contribution in [3.63, 3.8) is 0 Å². The molecule has 0 aliphatic rings. The van der Waals surface area contributed by atoms with Crippen molar-refractivity contribution in [2.24, 2.45) is 0 Å². The second kappa shape index (κ2) is 10.7. The van der Waals surface area contributed by atoms with Gasteiger partial charge in [0.1, 0.15) is 17.1 Å². The van der Waals surface area contributed by atoms with Crippen LogP contribution in [0.3, 0.4) is 0 Å². The molecule has 6 heteroatoms. The van der Waals surface area contributed by atoms with Gasteiger partial charge in [-0.05, 0) is 91.2 Å². The van der Waals surface area contributed by atoms with Crippen molar-refractivity contribution >= 4 is 32.7 Å². The van der Waals surface area contributed by atoms with Crippen LogP contribution in [0.1, 0.15) is 22.3 Å². The van der Waals surface area contributed by atoms with Gasteiger partial charge in [0.15, 0.2) is 0 Å². The van der Waals surface area contributed by atoms with E-state index >= 15 is 0 Å². The van der Waals surface area contributed by atoms with Gasteiger partial charge in [0.05, 0.1) is 0 Å². The van der Waals surface area contributed by atoms with Crippen molar-refractivity contribution in [3.8, 4) is 34.3 Å². The van der Waals surface area contributed by atoms with E-state index in [9.17, 15) is 5.11 Å². The van der Waals surface area contributed by atoms with Crippen LogP contribution in [0.15, 0.2) is 91.1 Å². The summed E-state index contributed by atoms with van der Waals surface area (Å²) in [4.78, 5) is 9.35. The first-order chi connectivity index (χ1) is 19.9. The zero-order chi connectivity index (χ0) is 28.2. The predicted octanol–water partition coefficient (Wildman–Crippen LogP) is 8.92. The van der Waals surface area contributed by atoms with Gasteiger partial charge in [0.2, 0.25) is 5.88 Å². The number of ether oxygens (including phenoxy) is 1. The van der Waals surface area contributed by atoms with Crippen LogP contribution in [0, 0.1) is 33.8 Å². The molecule has 0 saturated heterocycles. The molecule has 0 aliphatic heterocycles. The van der Waals surface area contributed by atoms with Crippen molar-refractivity contribution in [2.75, 3.05) is 0 Å². The minimum Gasteiger partial charge on any atom is -0.506 e. The Bertz CT molecular complexity index is 2110. The molecule has 0 aliphatic carbocycles. The molecule has 5 nitrogen and oxygen atoms in total. The quantitative estimate of drug-likeness (QED) is 0.184. The Hall–Kier alpha value is -4.47. The summed E-state index contributed by atoms with van der Waals surface area (Å²) in [6.45, 7) is 8.34. The average molecular weight is 730 g/mol. The maximum absolute atomic E-state index is 11.0. The maximum atomic E-state index is 11.0. The number of para-hydroxylation sites is 1. The summed E-state index contributed by atoms with van der Waals surface area (Å²) in [6.07, 6.45) is 1.87. The van der Waals surface area contributed by atoms with Gasteiger partial charge in [-0.1, -0.05) is 47.5 Å². The summed E-state index contributed by atoms with van der Waals surface area (Å²) in [5, 5.41) is 14.0. The predicted molar refractivity (Wildman–Crippen MR) is 165 cm³/mol. The van der Waals surface area contributed by atoms with Gasteiger partial charge in [0, 0.05) is 50.0 Å². The number of fused-ring (bicyclic) bond motifs is 4. The maximum Gasteiger partial charge on any atom is 0.217 e. The summed E-state index contributed by atoms with van der Waals surface area (Å²) >= 11 is 0. The first-order valence-corrected chi connectivity index (χ1v) is 13.6. The van der Waals surface area contributed by atoms with Crippen molar-refractivity contribution in [1.82, 2.24) is 14.5 Å². The van der Waals surface area contributed by atoms with Crippen LogP contribution in [0.4, 0.5) is 0 Å². The van der Waals surface area contributed by atoms with Gasteiger partial charge in [0.25, 0.3) is 0 Å². The van der Waals surface area contributed by atoms with Crippen molar-refractivity contribution in [2.45, 2.75) is 27.7 Å². The molecule has 0 fully saturated rings. The van der Waals surface area contributed by atoms with Gasteiger partial charge in [-0.3, -0.25) is 0 Å². The van der Waals surface area contributed by atoms with E-state index in [1.54, 1.807) is 6.07 Å². The Morgan fingerprint density at radius 1 is 0.786 bits per heavy atom. The standard InChI is InChI=1S/C36H28N3O2.Pt/c1-21-9-13-33(37-20-21)39-30-8-6-5-7-28(30)29-12-11-27(19-31(29)39)41-34-14-10-25-17-26(18-32(40)36(25)38-34)35-23(3)15-22(2)16-24(35)4;/h5-18,20,40H,1-4H3;/q-1;. The number of benzene rings is 4. The molecule has 0 amide bonds. The molecule has 7 rings (SSSR count). The zero-order valence-corrected chi connectivity index (χ0v) is 25.9. The van der Waals surface area contributed by atoms with E-state index < -0.39 is 0 Å². The first kappa shape index (κ1) is 27.7. The summed E-state index contributed by atoms with van der Waals surface area (Å²) < 4.78 is 8.31. The van der Waals surface area contributed by atoms with E-state index in [1.807, 2.05) is 55.6 Å². The minimum atomic E-state index is 0. The topological polar surface area (TPSA) is 60.2 Å². The van der Waals surface area contributed by atoms with E-state index in [0.717, 1.165) is 49.7 Å². The van der Waals surface area contributed by atoms with E-state index in [2.05, 4.69) is 77.8 Å². The fourth-order valence-corrected chi connectivity index (χ4v) is 5.91. The molecule has 0 bridgehead atoms. The molecule has 4 aromatic carbocycles. The van der Waals surface area contributed by atoms with Crippen molar-refractivity contribution in [3.05, 3.63) is 119 Å². The molecule has 210 valence electrons. The molecule has 0 saturated carbocycles. The number of aromatic nitrogens is 3. The fraction of sp³-hybridized carbons (Fsp3) is 0.111. The fourth-order valence-electron chi connectivity index (χ4n) is 5.91. The number of pyridine rings is 2. The molecule has 0 atom stereocenters. The molecule has 7 aromatic rings. The first-order valence-electron chi connectivity index (χ1n) is 13.6. The Balaban J connectivity index is 0.00000316. The van der Waals surface area contributed by atoms with Crippen LogP contribution in [-0.2, 0) is 21.1 Å². The van der Waals surface area contributed by atoms with Crippen LogP contribution in [-0.4, -0.2) is 19.6 Å². The van der Waals surface area contributed by atoms with Crippen LogP contribution in [0.5, 0.6) is 17.4 Å². The second-order valence-electron chi connectivity index (χ2n) is 10.7. The number of rotatable bonds is 4. The van der Waals surface area contributed by atoms with E-state index in [1.165, 1.54) is 16.7 Å². The van der Waals surface area contributed by atoms with Crippen LogP contribution in [0.25, 0.3) is 49.7 Å². The number of aryl methyl sites for hydroxylation is 4. The Morgan fingerprint density at radius 2 is 1.57 bits per heavy atom. The summed E-state index contributed by atoms with van der Waals surface area (Å²) in [5.41, 5.74) is 9.20. The summed E-state index contributed by atoms with van der Waals surface area (Å²) in [5.74, 6) is 1.85. The minimum absolute atomic E-state index is 0. The van der Waals surface area contributed by atoms with E-state index in [4.69, 9.17) is 4.74 Å². The number of aromatic hydroxyl groups is 1. The number of phenols is 1. The molecule has 1 N–H and O–H groups in total. The normalized spacial score (nSPS) is 11.2. The molecule has 42 heavy (non-hydrogen) atoms. The van der Waals surface area contributed by atoms with Crippen LogP contribution in [0.2, 0.25) is 0 Å². The summed E-state index contributed by atoms with van der Waals surface area (Å²) in [6, 6.07) is 31.7. The number of phenolic OH excluding ortho intramolecular Hbond substituents is 1. The SMILES string of the molecule is Cc1ccc(-n2c3[c-]c(Oc4ccc5cc(-c6c(C)cc(C)cc6C)cc(O)c5n4)ccc3c3ccccc32)nc1.[Pt]. The molecule has 0 unspecified atom stereocenters. The molecule has 3 aromatic heterocycles. The zero-order valence-electron chi connectivity index (χ0n) is 23.7. The Morgan fingerprint density at radius 3 is 2.33 bits per heavy atom.